The third-order valence-corrected chi connectivity index (χ3v) is 6.26. The summed E-state index contributed by atoms with van der Waals surface area (Å²) in [6.45, 7) is 2.99. The second-order valence-electron chi connectivity index (χ2n) is 6.78. The lowest BCUT2D eigenvalue weighted by molar-refractivity contribution is -0.132. The van der Waals surface area contributed by atoms with Crippen LogP contribution >= 0.6 is 35.0 Å². The summed E-state index contributed by atoms with van der Waals surface area (Å²) in [4.78, 5) is 14.4. The number of benzene rings is 2. The van der Waals surface area contributed by atoms with Crippen LogP contribution in [0.3, 0.4) is 0 Å². The molecule has 0 aliphatic carbocycles. The van der Waals surface area contributed by atoms with Crippen LogP contribution in [0.1, 0.15) is 5.56 Å². The Bertz CT molecular complexity index is 1020. The summed E-state index contributed by atoms with van der Waals surface area (Å²) in [7, 11) is 0. The Labute approximate surface area is 189 Å². The van der Waals surface area contributed by atoms with Crippen LogP contribution in [-0.4, -0.2) is 57.6 Å². The monoisotopic (exact) mass is 462 g/mol. The van der Waals surface area contributed by atoms with Gasteiger partial charge >= 0.3 is 0 Å². The molecule has 6 nitrogen and oxygen atoms in total. The van der Waals surface area contributed by atoms with Crippen molar-refractivity contribution in [1.29, 1.82) is 0 Å². The van der Waals surface area contributed by atoms with Gasteiger partial charge in [-0.05, 0) is 23.8 Å². The maximum atomic E-state index is 12.6. The fourth-order valence-electron chi connectivity index (χ4n) is 3.20. The van der Waals surface area contributed by atoms with E-state index in [0.29, 0.717) is 59.6 Å². The van der Waals surface area contributed by atoms with Gasteiger partial charge in [0.2, 0.25) is 5.91 Å². The molecule has 1 aromatic heterocycles. The van der Waals surface area contributed by atoms with Crippen molar-refractivity contribution < 1.29 is 9.53 Å². The maximum Gasteiger partial charge on any atom is 0.233 e. The number of carbonyl (C=O) groups excluding carboxylic acids is 1. The lowest BCUT2D eigenvalue weighted by atomic mass is 10.2. The minimum atomic E-state index is 0.0728. The molecule has 1 amide bonds. The van der Waals surface area contributed by atoms with Gasteiger partial charge in [-0.15, -0.1) is 10.2 Å². The van der Waals surface area contributed by atoms with Gasteiger partial charge in [0.15, 0.2) is 11.0 Å². The normalized spacial score (nSPS) is 14.1. The Morgan fingerprint density at radius 1 is 1.07 bits per heavy atom. The molecule has 0 radical (unpaired) electrons. The van der Waals surface area contributed by atoms with Crippen LogP contribution in [0.2, 0.25) is 10.0 Å². The zero-order valence-corrected chi connectivity index (χ0v) is 18.5. The van der Waals surface area contributed by atoms with E-state index in [1.165, 1.54) is 11.8 Å². The standard InChI is InChI=1S/C21H20Cl2N4O2S/c22-16-6-7-17(18(23)12-16)20-24-25-21(27(20)13-15-4-2-1-3-5-15)30-14-19(28)26-8-10-29-11-9-26/h1-7,12H,8-11,13-14H2. The number of carbonyl (C=O) groups is 1. The summed E-state index contributed by atoms with van der Waals surface area (Å²) >= 11 is 13.9. The Morgan fingerprint density at radius 2 is 1.83 bits per heavy atom. The van der Waals surface area contributed by atoms with Crippen LogP contribution in [0.5, 0.6) is 0 Å². The fraction of sp³-hybridized carbons (Fsp3) is 0.286. The summed E-state index contributed by atoms with van der Waals surface area (Å²) in [5.74, 6) is 1.01. The van der Waals surface area contributed by atoms with Gasteiger partial charge in [-0.2, -0.15) is 0 Å². The van der Waals surface area contributed by atoms with E-state index in [4.69, 9.17) is 27.9 Å². The van der Waals surface area contributed by atoms with Crippen LogP contribution in [0.15, 0.2) is 53.7 Å². The summed E-state index contributed by atoms with van der Waals surface area (Å²) in [6.07, 6.45) is 0. The number of halogens is 2. The third kappa shape index (κ3) is 4.98. The molecule has 4 rings (SSSR count). The summed E-state index contributed by atoms with van der Waals surface area (Å²) in [5, 5.41) is 10.5. The van der Waals surface area contributed by atoms with Gasteiger partial charge in [-0.3, -0.25) is 9.36 Å². The molecule has 0 bridgehead atoms. The molecule has 2 heterocycles. The molecular formula is C21H20Cl2N4O2S. The SMILES string of the molecule is O=C(CSc1nnc(-c2ccc(Cl)cc2Cl)n1Cc1ccccc1)N1CCOCC1. The van der Waals surface area contributed by atoms with Crippen molar-refractivity contribution in [2.75, 3.05) is 32.1 Å². The van der Waals surface area contributed by atoms with Gasteiger partial charge in [0.1, 0.15) is 0 Å². The highest BCUT2D eigenvalue weighted by Crippen LogP contribution is 2.32. The molecule has 1 saturated heterocycles. The van der Waals surface area contributed by atoms with Crippen LogP contribution in [0.25, 0.3) is 11.4 Å². The first-order valence-corrected chi connectivity index (χ1v) is 11.3. The minimum Gasteiger partial charge on any atom is -0.378 e. The van der Waals surface area contributed by atoms with Crippen molar-refractivity contribution >= 4 is 40.9 Å². The highest BCUT2D eigenvalue weighted by atomic mass is 35.5. The fourth-order valence-corrected chi connectivity index (χ4v) is 4.54. The summed E-state index contributed by atoms with van der Waals surface area (Å²) < 4.78 is 7.31. The number of rotatable bonds is 6. The number of hydrogen-bond donors (Lipinski definition) is 0. The molecule has 156 valence electrons. The van der Waals surface area contributed by atoms with Crippen molar-refractivity contribution in [3.05, 3.63) is 64.1 Å². The first-order chi connectivity index (χ1) is 14.6. The Kier molecular flexibility index (Phi) is 6.94. The van der Waals surface area contributed by atoms with Crippen LogP contribution in [0, 0.1) is 0 Å². The van der Waals surface area contributed by atoms with E-state index in [1.54, 1.807) is 12.1 Å². The number of thioether (sulfide) groups is 1. The van der Waals surface area contributed by atoms with Crippen molar-refractivity contribution in [2.45, 2.75) is 11.7 Å². The first-order valence-electron chi connectivity index (χ1n) is 9.52. The molecule has 0 saturated carbocycles. The number of morpholine rings is 1. The lowest BCUT2D eigenvalue weighted by Gasteiger charge is -2.26. The molecule has 30 heavy (non-hydrogen) atoms. The molecule has 9 heteroatoms. The third-order valence-electron chi connectivity index (χ3n) is 4.76. The quantitative estimate of drug-likeness (QED) is 0.512. The Morgan fingerprint density at radius 3 is 2.57 bits per heavy atom. The molecular weight excluding hydrogens is 443 g/mol. The second-order valence-corrected chi connectivity index (χ2v) is 8.57. The zero-order valence-electron chi connectivity index (χ0n) is 16.1. The predicted molar refractivity (Wildman–Crippen MR) is 119 cm³/mol. The minimum absolute atomic E-state index is 0.0728. The zero-order chi connectivity index (χ0) is 20.9. The molecule has 1 aliphatic rings. The molecule has 0 atom stereocenters. The summed E-state index contributed by atoms with van der Waals surface area (Å²) in [5.41, 5.74) is 1.85. The highest BCUT2D eigenvalue weighted by Gasteiger charge is 2.21. The molecule has 2 aromatic carbocycles. The lowest BCUT2D eigenvalue weighted by Crippen LogP contribution is -2.41. The molecule has 0 spiro atoms. The van der Waals surface area contributed by atoms with E-state index < -0.39 is 0 Å². The average molecular weight is 463 g/mol. The van der Waals surface area contributed by atoms with Gasteiger partial charge in [-0.1, -0.05) is 65.3 Å². The van der Waals surface area contributed by atoms with Crippen LogP contribution < -0.4 is 0 Å². The molecule has 1 aliphatic heterocycles. The topological polar surface area (TPSA) is 60.2 Å². The van der Waals surface area contributed by atoms with Gasteiger partial charge < -0.3 is 9.64 Å². The van der Waals surface area contributed by atoms with Crippen molar-refractivity contribution in [2.24, 2.45) is 0 Å². The van der Waals surface area contributed by atoms with Crippen molar-refractivity contribution in [1.82, 2.24) is 19.7 Å². The van der Waals surface area contributed by atoms with E-state index in [2.05, 4.69) is 10.2 Å². The highest BCUT2D eigenvalue weighted by molar-refractivity contribution is 7.99. The maximum absolute atomic E-state index is 12.6. The molecule has 1 fully saturated rings. The molecule has 0 N–H and O–H groups in total. The number of aromatic nitrogens is 3. The number of amides is 1. The largest absolute Gasteiger partial charge is 0.378 e. The molecule has 3 aromatic rings. The van der Waals surface area contributed by atoms with E-state index in [-0.39, 0.29) is 5.91 Å². The van der Waals surface area contributed by atoms with E-state index in [1.807, 2.05) is 45.9 Å². The molecule has 0 unspecified atom stereocenters. The van der Waals surface area contributed by atoms with Crippen LogP contribution in [-0.2, 0) is 16.1 Å². The van der Waals surface area contributed by atoms with Gasteiger partial charge in [0.25, 0.3) is 0 Å². The first kappa shape index (κ1) is 21.2. The van der Waals surface area contributed by atoms with Gasteiger partial charge in [-0.25, -0.2) is 0 Å². The second kappa shape index (κ2) is 9.83. The van der Waals surface area contributed by atoms with Crippen LogP contribution in [0.4, 0.5) is 0 Å². The summed E-state index contributed by atoms with van der Waals surface area (Å²) in [6, 6.07) is 15.3. The van der Waals surface area contributed by atoms with E-state index in [0.717, 1.165) is 11.1 Å². The predicted octanol–water partition coefficient (Wildman–Crippen LogP) is 4.25. The number of hydrogen-bond acceptors (Lipinski definition) is 5. The van der Waals surface area contributed by atoms with Crippen molar-refractivity contribution in [3.63, 3.8) is 0 Å². The van der Waals surface area contributed by atoms with E-state index in [9.17, 15) is 4.79 Å². The van der Waals surface area contributed by atoms with Gasteiger partial charge in [0.05, 0.1) is 30.5 Å². The van der Waals surface area contributed by atoms with E-state index >= 15 is 0 Å². The van der Waals surface area contributed by atoms with Crippen molar-refractivity contribution in [3.8, 4) is 11.4 Å². The Balaban J connectivity index is 1.61. The Hall–Kier alpha value is -2.06. The smallest absolute Gasteiger partial charge is 0.233 e. The van der Waals surface area contributed by atoms with Gasteiger partial charge in [0, 0.05) is 23.7 Å². The number of ether oxygens (including phenoxy) is 1. The number of nitrogens with zero attached hydrogens (tertiary/aromatic N) is 4. The average Bonchev–Trinajstić information content (AvgIpc) is 3.15.